The molecule has 0 bridgehead atoms. The zero-order valence-corrected chi connectivity index (χ0v) is 11.9. The molecule has 0 saturated carbocycles. The Kier molecular flexibility index (Phi) is 4.49. The summed E-state index contributed by atoms with van der Waals surface area (Å²) in [6.07, 6.45) is 6.90. The number of fused-ring (bicyclic) bond motifs is 1. The summed E-state index contributed by atoms with van der Waals surface area (Å²) in [6, 6.07) is 10.1. The monoisotopic (exact) mass is 270 g/mol. The van der Waals surface area contributed by atoms with Crippen molar-refractivity contribution in [3.63, 3.8) is 0 Å². The van der Waals surface area contributed by atoms with Gasteiger partial charge in [0.05, 0.1) is 6.61 Å². The maximum absolute atomic E-state index is 5.90. The highest BCUT2D eigenvalue weighted by atomic mass is 16.5. The second-order valence-electron chi connectivity index (χ2n) is 5.44. The highest BCUT2D eigenvalue weighted by molar-refractivity contribution is 5.84. The number of aromatic nitrogens is 1. The predicted molar refractivity (Wildman–Crippen MR) is 82.1 cm³/mol. The van der Waals surface area contributed by atoms with Crippen molar-refractivity contribution in [3.8, 4) is 5.75 Å². The van der Waals surface area contributed by atoms with Gasteiger partial charge >= 0.3 is 0 Å². The van der Waals surface area contributed by atoms with Crippen LogP contribution < -0.4 is 4.74 Å². The summed E-state index contributed by atoms with van der Waals surface area (Å²) in [5.41, 5.74) is 0.967. The molecule has 0 atom stereocenters. The normalized spacial score (nSPS) is 15.8. The van der Waals surface area contributed by atoms with Crippen LogP contribution in [0.3, 0.4) is 0 Å². The van der Waals surface area contributed by atoms with Crippen LogP contribution in [-0.4, -0.2) is 36.1 Å². The molecular formula is C17H22N2O. The minimum absolute atomic E-state index is 0.781. The first kappa shape index (κ1) is 13.4. The van der Waals surface area contributed by atoms with E-state index in [2.05, 4.69) is 22.0 Å². The van der Waals surface area contributed by atoms with Gasteiger partial charge in [-0.1, -0.05) is 18.2 Å². The molecule has 1 fully saturated rings. The van der Waals surface area contributed by atoms with E-state index in [-0.39, 0.29) is 0 Å². The molecule has 1 aliphatic rings. The van der Waals surface area contributed by atoms with E-state index in [0.717, 1.165) is 29.7 Å². The van der Waals surface area contributed by atoms with Gasteiger partial charge in [-0.15, -0.1) is 0 Å². The number of para-hydroxylation sites is 1. The lowest BCUT2D eigenvalue weighted by Crippen LogP contribution is -2.20. The largest absolute Gasteiger partial charge is 0.491 e. The first-order valence-corrected chi connectivity index (χ1v) is 7.62. The van der Waals surface area contributed by atoms with Crippen molar-refractivity contribution in [1.82, 2.24) is 9.88 Å². The molecule has 0 aliphatic carbocycles. The molecule has 1 aromatic carbocycles. The quantitative estimate of drug-likeness (QED) is 0.751. The maximum atomic E-state index is 5.90. The number of pyridine rings is 1. The summed E-state index contributed by atoms with van der Waals surface area (Å²) < 4.78 is 5.90. The molecule has 0 spiro atoms. The van der Waals surface area contributed by atoms with Crippen LogP contribution in [-0.2, 0) is 0 Å². The molecule has 0 N–H and O–H groups in total. The Bertz CT molecular complexity index is 544. The van der Waals surface area contributed by atoms with Crippen LogP contribution in [0.5, 0.6) is 5.75 Å². The molecule has 3 rings (SSSR count). The Morgan fingerprint density at radius 3 is 2.80 bits per heavy atom. The smallest absolute Gasteiger partial charge is 0.145 e. The van der Waals surface area contributed by atoms with Crippen molar-refractivity contribution < 1.29 is 4.74 Å². The molecule has 1 saturated heterocycles. The Balaban J connectivity index is 1.47. The van der Waals surface area contributed by atoms with Gasteiger partial charge in [-0.25, -0.2) is 0 Å². The average molecular weight is 270 g/mol. The third kappa shape index (κ3) is 3.28. The summed E-state index contributed by atoms with van der Waals surface area (Å²) in [7, 11) is 0. The molecule has 3 nitrogen and oxygen atoms in total. The summed E-state index contributed by atoms with van der Waals surface area (Å²) in [5, 5.41) is 1.14. The Labute approximate surface area is 120 Å². The van der Waals surface area contributed by atoms with Gasteiger partial charge < -0.3 is 9.64 Å². The fraction of sp³-hybridized carbons (Fsp3) is 0.471. The molecular weight excluding hydrogens is 248 g/mol. The van der Waals surface area contributed by atoms with Crippen LogP contribution in [0, 0.1) is 0 Å². The van der Waals surface area contributed by atoms with Gasteiger partial charge in [0.15, 0.2) is 0 Å². The van der Waals surface area contributed by atoms with Gasteiger partial charge in [-0.3, -0.25) is 4.98 Å². The van der Waals surface area contributed by atoms with E-state index in [9.17, 15) is 0 Å². The van der Waals surface area contributed by atoms with Crippen molar-refractivity contribution in [1.29, 1.82) is 0 Å². The molecule has 20 heavy (non-hydrogen) atoms. The summed E-state index contributed by atoms with van der Waals surface area (Å²) >= 11 is 0. The Morgan fingerprint density at radius 2 is 1.90 bits per heavy atom. The van der Waals surface area contributed by atoms with Crippen molar-refractivity contribution in [2.45, 2.75) is 25.7 Å². The summed E-state index contributed by atoms with van der Waals surface area (Å²) in [6.45, 7) is 4.57. The lowest BCUT2D eigenvalue weighted by Gasteiger charge is -2.14. The molecule has 1 aromatic heterocycles. The zero-order chi connectivity index (χ0) is 13.6. The third-order valence-corrected chi connectivity index (χ3v) is 3.92. The van der Waals surface area contributed by atoms with E-state index >= 15 is 0 Å². The number of unbranched alkanes of at least 4 members (excludes halogenated alkanes) is 1. The zero-order valence-electron chi connectivity index (χ0n) is 11.9. The predicted octanol–water partition coefficient (Wildman–Crippen LogP) is 3.49. The van der Waals surface area contributed by atoms with Gasteiger partial charge in [-0.2, -0.15) is 0 Å². The van der Waals surface area contributed by atoms with E-state index < -0.39 is 0 Å². The number of benzene rings is 1. The molecule has 1 aliphatic heterocycles. The van der Waals surface area contributed by atoms with Crippen LogP contribution in [0.2, 0.25) is 0 Å². The van der Waals surface area contributed by atoms with Crippen molar-refractivity contribution >= 4 is 10.9 Å². The third-order valence-electron chi connectivity index (χ3n) is 3.92. The first-order valence-electron chi connectivity index (χ1n) is 7.62. The minimum Gasteiger partial charge on any atom is -0.491 e. The topological polar surface area (TPSA) is 25.4 Å². The van der Waals surface area contributed by atoms with Gasteiger partial charge in [0.2, 0.25) is 0 Å². The standard InChI is InChI=1S/C17H22N2O/c1-2-12-19(11-1)13-3-4-14-20-16-9-5-7-15-8-6-10-18-17(15)16/h5-10H,1-4,11-14H2. The number of nitrogens with zero attached hydrogens (tertiary/aromatic N) is 2. The molecule has 3 heteroatoms. The van der Waals surface area contributed by atoms with Crippen molar-refractivity contribution in [2.75, 3.05) is 26.2 Å². The molecule has 0 radical (unpaired) electrons. The molecule has 2 aromatic rings. The van der Waals surface area contributed by atoms with Gasteiger partial charge in [0.25, 0.3) is 0 Å². The minimum atomic E-state index is 0.781. The Hall–Kier alpha value is -1.61. The van der Waals surface area contributed by atoms with Gasteiger partial charge in [0, 0.05) is 11.6 Å². The Morgan fingerprint density at radius 1 is 1.05 bits per heavy atom. The molecule has 0 unspecified atom stereocenters. The van der Waals surface area contributed by atoms with Crippen LogP contribution in [0.4, 0.5) is 0 Å². The van der Waals surface area contributed by atoms with Crippen LogP contribution in [0.1, 0.15) is 25.7 Å². The lowest BCUT2D eigenvalue weighted by molar-refractivity contribution is 0.281. The average Bonchev–Trinajstić information content (AvgIpc) is 3.00. The van der Waals surface area contributed by atoms with Gasteiger partial charge in [0.1, 0.15) is 11.3 Å². The van der Waals surface area contributed by atoms with E-state index in [1.807, 2.05) is 24.4 Å². The second kappa shape index (κ2) is 6.71. The van der Waals surface area contributed by atoms with Crippen molar-refractivity contribution in [2.24, 2.45) is 0 Å². The van der Waals surface area contributed by atoms with E-state index in [1.54, 1.807) is 0 Å². The van der Waals surface area contributed by atoms with E-state index in [1.165, 1.54) is 38.9 Å². The number of hydrogen-bond donors (Lipinski definition) is 0. The highest BCUT2D eigenvalue weighted by Crippen LogP contribution is 2.23. The fourth-order valence-corrected chi connectivity index (χ4v) is 2.82. The molecule has 2 heterocycles. The number of rotatable bonds is 6. The fourth-order valence-electron chi connectivity index (χ4n) is 2.82. The second-order valence-corrected chi connectivity index (χ2v) is 5.44. The maximum Gasteiger partial charge on any atom is 0.145 e. The van der Waals surface area contributed by atoms with Crippen molar-refractivity contribution in [3.05, 3.63) is 36.5 Å². The van der Waals surface area contributed by atoms with E-state index in [0.29, 0.717) is 0 Å². The highest BCUT2D eigenvalue weighted by Gasteiger charge is 2.10. The number of ether oxygens (including phenoxy) is 1. The molecule has 0 amide bonds. The number of hydrogen-bond acceptors (Lipinski definition) is 3. The van der Waals surface area contributed by atoms with Gasteiger partial charge in [-0.05, 0) is 57.5 Å². The van der Waals surface area contributed by atoms with Crippen LogP contribution in [0.25, 0.3) is 10.9 Å². The lowest BCUT2D eigenvalue weighted by atomic mass is 10.2. The first-order chi connectivity index (χ1) is 9.93. The SMILES string of the molecule is c1cnc2c(OCCCCN3CCCC3)cccc2c1. The van der Waals surface area contributed by atoms with E-state index in [4.69, 9.17) is 4.74 Å². The summed E-state index contributed by atoms with van der Waals surface area (Å²) in [5.74, 6) is 0.907. The summed E-state index contributed by atoms with van der Waals surface area (Å²) in [4.78, 5) is 6.96. The van der Waals surface area contributed by atoms with Crippen LogP contribution in [0.15, 0.2) is 36.5 Å². The number of likely N-dealkylation sites (tertiary alicyclic amines) is 1. The van der Waals surface area contributed by atoms with Crippen LogP contribution >= 0.6 is 0 Å². The molecule has 106 valence electrons.